The minimum Gasteiger partial charge on any atom is -0.368 e. The van der Waals surface area contributed by atoms with Gasteiger partial charge in [-0.2, -0.15) is 10.1 Å². The first-order chi connectivity index (χ1) is 8.63. The molecule has 0 amide bonds. The van der Waals surface area contributed by atoms with Gasteiger partial charge >= 0.3 is 0 Å². The van der Waals surface area contributed by atoms with E-state index in [1.54, 1.807) is 16.0 Å². The van der Waals surface area contributed by atoms with E-state index in [-0.39, 0.29) is 5.95 Å². The number of nitrogens with one attached hydrogen (secondary N) is 1. The molecule has 92 valence electrons. The summed E-state index contributed by atoms with van der Waals surface area (Å²) in [5, 5.41) is 10.5. The lowest BCUT2D eigenvalue weighted by Crippen LogP contribution is -2.00. The predicted octanol–water partition coefficient (Wildman–Crippen LogP) is 2.06. The van der Waals surface area contributed by atoms with Gasteiger partial charge in [-0.15, -0.1) is 11.3 Å². The number of hydrogen-bond donors (Lipinski definition) is 2. The molecule has 18 heavy (non-hydrogen) atoms. The minimum absolute atomic E-state index is 0.272. The molecule has 3 aromatic rings. The van der Waals surface area contributed by atoms with Gasteiger partial charge in [0, 0.05) is 13.2 Å². The summed E-state index contributed by atoms with van der Waals surface area (Å²) < 4.78 is 1.76. The second-order valence-corrected chi connectivity index (χ2v) is 4.89. The van der Waals surface area contributed by atoms with Crippen molar-refractivity contribution in [3.05, 3.63) is 23.3 Å². The summed E-state index contributed by atoms with van der Waals surface area (Å²) in [6, 6.07) is 1.98. The third-order valence-corrected chi connectivity index (χ3v) is 3.42. The van der Waals surface area contributed by atoms with Gasteiger partial charge in [-0.3, -0.25) is 4.68 Å². The third-order valence-electron chi connectivity index (χ3n) is 2.61. The standard InChI is InChI=1S/C11H12N6S/c1-6-8(5-17(2)16-6)13-9-7-3-4-18-10(7)15-11(12)14-9/h3-5H,1-2H3,(H3,12,13,14,15). The van der Waals surface area contributed by atoms with Crippen molar-refractivity contribution in [1.82, 2.24) is 19.7 Å². The molecular weight excluding hydrogens is 248 g/mol. The fraction of sp³-hybridized carbons (Fsp3) is 0.182. The van der Waals surface area contributed by atoms with Crippen LogP contribution in [0.2, 0.25) is 0 Å². The van der Waals surface area contributed by atoms with Crippen molar-refractivity contribution in [1.29, 1.82) is 0 Å². The van der Waals surface area contributed by atoms with Crippen molar-refractivity contribution in [2.45, 2.75) is 6.92 Å². The van der Waals surface area contributed by atoms with Gasteiger partial charge in [0.15, 0.2) is 0 Å². The molecule has 0 fully saturated rings. The fourth-order valence-corrected chi connectivity index (χ4v) is 2.59. The molecule has 0 aliphatic heterocycles. The summed E-state index contributed by atoms with van der Waals surface area (Å²) in [6.45, 7) is 1.94. The molecule has 0 unspecified atom stereocenters. The fourth-order valence-electron chi connectivity index (χ4n) is 1.82. The first-order valence-corrected chi connectivity index (χ1v) is 6.29. The molecule has 3 heterocycles. The highest BCUT2D eigenvalue weighted by molar-refractivity contribution is 7.16. The SMILES string of the molecule is Cc1nn(C)cc1Nc1nc(N)nc2sccc12. The molecule has 3 N–H and O–H groups in total. The Morgan fingerprint density at radius 3 is 2.94 bits per heavy atom. The molecule has 3 rings (SSSR count). The van der Waals surface area contributed by atoms with Crippen molar-refractivity contribution < 1.29 is 0 Å². The van der Waals surface area contributed by atoms with E-state index in [9.17, 15) is 0 Å². The van der Waals surface area contributed by atoms with Crippen molar-refractivity contribution in [2.75, 3.05) is 11.1 Å². The molecule has 0 atom stereocenters. The number of nitrogens with two attached hydrogens (primary N) is 1. The van der Waals surface area contributed by atoms with Crippen molar-refractivity contribution >= 4 is 39.0 Å². The van der Waals surface area contributed by atoms with Crippen molar-refractivity contribution in [3.63, 3.8) is 0 Å². The Hall–Kier alpha value is -2.15. The number of fused-ring (bicyclic) bond motifs is 1. The van der Waals surface area contributed by atoms with Gasteiger partial charge in [0.2, 0.25) is 5.95 Å². The van der Waals surface area contributed by atoms with E-state index in [2.05, 4.69) is 20.4 Å². The molecule has 6 nitrogen and oxygen atoms in total. The highest BCUT2D eigenvalue weighted by Gasteiger charge is 2.10. The van der Waals surface area contributed by atoms with Crippen LogP contribution in [0.25, 0.3) is 10.2 Å². The Labute approximate surface area is 107 Å². The summed E-state index contributed by atoms with van der Waals surface area (Å²) >= 11 is 1.54. The van der Waals surface area contributed by atoms with Crippen molar-refractivity contribution in [3.8, 4) is 0 Å². The van der Waals surface area contributed by atoms with E-state index in [0.717, 1.165) is 27.4 Å². The smallest absolute Gasteiger partial charge is 0.223 e. The Bertz CT molecular complexity index is 713. The molecule has 0 saturated carbocycles. The van der Waals surface area contributed by atoms with E-state index in [4.69, 9.17) is 5.73 Å². The maximum atomic E-state index is 5.70. The molecule has 0 aliphatic carbocycles. The van der Waals surface area contributed by atoms with Crippen LogP contribution in [0.4, 0.5) is 17.5 Å². The summed E-state index contributed by atoms with van der Waals surface area (Å²) in [4.78, 5) is 9.32. The summed E-state index contributed by atoms with van der Waals surface area (Å²) in [5.41, 5.74) is 7.54. The minimum atomic E-state index is 0.272. The molecule has 0 bridgehead atoms. The average Bonchev–Trinajstić information content (AvgIpc) is 2.86. The lowest BCUT2D eigenvalue weighted by molar-refractivity contribution is 0.756. The number of nitrogen functional groups attached to an aromatic ring is 1. The zero-order chi connectivity index (χ0) is 12.7. The molecule has 0 spiro atoms. The van der Waals surface area contributed by atoms with E-state index in [1.165, 1.54) is 0 Å². The Morgan fingerprint density at radius 1 is 1.39 bits per heavy atom. The van der Waals surface area contributed by atoms with Crippen LogP contribution in [0.1, 0.15) is 5.69 Å². The van der Waals surface area contributed by atoms with Gasteiger partial charge in [-0.1, -0.05) is 0 Å². The van der Waals surface area contributed by atoms with Crippen LogP contribution < -0.4 is 11.1 Å². The Balaban J connectivity index is 2.09. The Kier molecular flexibility index (Phi) is 2.41. The van der Waals surface area contributed by atoms with E-state index in [1.807, 2.05) is 31.6 Å². The summed E-state index contributed by atoms with van der Waals surface area (Å²) in [5.74, 6) is 0.990. The van der Waals surface area contributed by atoms with E-state index < -0.39 is 0 Å². The maximum absolute atomic E-state index is 5.70. The number of aromatic nitrogens is 4. The van der Waals surface area contributed by atoms with Crippen LogP contribution >= 0.6 is 11.3 Å². The number of thiophene rings is 1. The quantitative estimate of drug-likeness (QED) is 0.737. The van der Waals surface area contributed by atoms with Crippen LogP contribution in [-0.2, 0) is 7.05 Å². The van der Waals surface area contributed by atoms with Gasteiger partial charge in [0.1, 0.15) is 10.6 Å². The van der Waals surface area contributed by atoms with Crippen LogP contribution in [0.3, 0.4) is 0 Å². The molecule has 7 heteroatoms. The molecule has 3 aromatic heterocycles. The van der Waals surface area contributed by atoms with Crippen LogP contribution in [-0.4, -0.2) is 19.7 Å². The topological polar surface area (TPSA) is 81.7 Å². The molecular formula is C11H12N6S. The average molecular weight is 260 g/mol. The lowest BCUT2D eigenvalue weighted by atomic mass is 10.3. The monoisotopic (exact) mass is 260 g/mol. The first-order valence-electron chi connectivity index (χ1n) is 5.41. The second kappa shape index (κ2) is 3.95. The molecule has 0 saturated heterocycles. The third kappa shape index (κ3) is 1.78. The molecule has 0 aromatic carbocycles. The Morgan fingerprint density at radius 2 is 2.22 bits per heavy atom. The number of nitrogens with zero attached hydrogens (tertiary/aromatic N) is 4. The number of rotatable bonds is 2. The summed E-state index contributed by atoms with van der Waals surface area (Å²) in [7, 11) is 1.88. The zero-order valence-corrected chi connectivity index (χ0v) is 10.8. The predicted molar refractivity (Wildman–Crippen MR) is 73.1 cm³/mol. The van der Waals surface area contributed by atoms with Gasteiger partial charge in [-0.05, 0) is 18.4 Å². The van der Waals surface area contributed by atoms with Crippen LogP contribution in [0.5, 0.6) is 0 Å². The van der Waals surface area contributed by atoms with Gasteiger partial charge < -0.3 is 11.1 Å². The van der Waals surface area contributed by atoms with Crippen LogP contribution in [0, 0.1) is 6.92 Å². The maximum Gasteiger partial charge on any atom is 0.223 e. The van der Waals surface area contributed by atoms with Gasteiger partial charge in [0.05, 0.1) is 16.8 Å². The van der Waals surface area contributed by atoms with E-state index in [0.29, 0.717) is 0 Å². The second-order valence-electron chi connectivity index (χ2n) is 4.00. The number of hydrogen-bond acceptors (Lipinski definition) is 6. The highest BCUT2D eigenvalue weighted by atomic mass is 32.1. The largest absolute Gasteiger partial charge is 0.368 e. The van der Waals surface area contributed by atoms with Crippen molar-refractivity contribution in [2.24, 2.45) is 7.05 Å². The van der Waals surface area contributed by atoms with Crippen LogP contribution in [0.15, 0.2) is 17.6 Å². The normalized spacial score (nSPS) is 11.0. The van der Waals surface area contributed by atoms with Gasteiger partial charge in [0.25, 0.3) is 0 Å². The highest BCUT2D eigenvalue weighted by Crippen LogP contribution is 2.28. The summed E-state index contributed by atoms with van der Waals surface area (Å²) in [6.07, 6.45) is 1.91. The molecule has 0 aliphatic rings. The number of anilines is 3. The first kappa shape index (κ1) is 11.0. The van der Waals surface area contributed by atoms with Gasteiger partial charge in [-0.25, -0.2) is 4.98 Å². The molecule has 0 radical (unpaired) electrons. The lowest BCUT2D eigenvalue weighted by Gasteiger charge is -2.05. The van der Waals surface area contributed by atoms with E-state index >= 15 is 0 Å². The number of aryl methyl sites for hydroxylation is 2. The zero-order valence-electron chi connectivity index (χ0n) is 10.0.